The Balaban J connectivity index is 2.69. The number of nitrogens with zero attached hydrogens (tertiary/aromatic N) is 2. The number of likely N-dealkylation sites (N-methyl/N-ethyl adjacent to an activating group) is 1. The zero-order valence-corrected chi connectivity index (χ0v) is 11.2. The lowest BCUT2D eigenvalue weighted by atomic mass is 10.2. The Morgan fingerprint density at radius 1 is 1.47 bits per heavy atom. The Morgan fingerprint density at radius 3 is 2.76 bits per heavy atom. The fourth-order valence-electron chi connectivity index (χ4n) is 1.48. The average molecular weight is 253 g/mol. The van der Waals surface area contributed by atoms with Crippen LogP contribution in [0.4, 0.5) is 5.69 Å². The molecule has 3 nitrogen and oxygen atoms in total. The maximum absolute atomic E-state index is 9.04. The fourth-order valence-corrected chi connectivity index (χ4v) is 1.65. The van der Waals surface area contributed by atoms with Crippen molar-refractivity contribution in [3.05, 3.63) is 28.8 Å². The second kappa shape index (κ2) is 6.48. The lowest BCUT2D eigenvalue weighted by Crippen LogP contribution is -2.24. The van der Waals surface area contributed by atoms with Crippen LogP contribution in [0, 0.1) is 11.3 Å². The third kappa shape index (κ3) is 4.26. The highest BCUT2D eigenvalue weighted by molar-refractivity contribution is 6.30. The Kier molecular flexibility index (Phi) is 5.27. The summed E-state index contributed by atoms with van der Waals surface area (Å²) in [6.07, 6.45) is 0.226. The third-order valence-electron chi connectivity index (χ3n) is 2.37. The standard InChI is InChI=1S/C13H17ClN2O/c1-10(2)17-7-6-16(3)13-5-4-12(14)8-11(13)9-15/h4-5,8,10H,6-7H2,1-3H3. The molecule has 0 atom stereocenters. The average Bonchev–Trinajstić information content (AvgIpc) is 2.28. The molecule has 1 aromatic rings. The molecule has 0 radical (unpaired) electrons. The molecule has 0 spiro atoms. The van der Waals surface area contributed by atoms with Crippen LogP contribution in [-0.4, -0.2) is 26.3 Å². The molecule has 4 heteroatoms. The first kappa shape index (κ1) is 13.8. The highest BCUT2D eigenvalue weighted by Gasteiger charge is 2.08. The minimum Gasteiger partial charge on any atom is -0.377 e. The summed E-state index contributed by atoms with van der Waals surface area (Å²) >= 11 is 5.85. The van der Waals surface area contributed by atoms with Gasteiger partial charge in [0.2, 0.25) is 0 Å². The zero-order chi connectivity index (χ0) is 12.8. The van der Waals surface area contributed by atoms with Gasteiger partial charge in [-0.05, 0) is 32.0 Å². The second-order valence-electron chi connectivity index (χ2n) is 4.11. The molecule has 0 saturated heterocycles. The first-order valence-corrected chi connectivity index (χ1v) is 5.94. The van der Waals surface area contributed by atoms with Gasteiger partial charge in [-0.3, -0.25) is 0 Å². The number of benzene rings is 1. The van der Waals surface area contributed by atoms with E-state index in [0.717, 1.165) is 12.2 Å². The minimum absolute atomic E-state index is 0.226. The first-order chi connectivity index (χ1) is 8.04. The van der Waals surface area contributed by atoms with E-state index in [1.54, 1.807) is 12.1 Å². The molecule has 17 heavy (non-hydrogen) atoms. The number of anilines is 1. The number of ether oxygens (including phenoxy) is 1. The van der Waals surface area contributed by atoms with Gasteiger partial charge in [0, 0.05) is 18.6 Å². The van der Waals surface area contributed by atoms with E-state index in [-0.39, 0.29) is 6.10 Å². The van der Waals surface area contributed by atoms with Crippen molar-refractivity contribution in [1.29, 1.82) is 5.26 Å². The molecule has 1 aromatic carbocycles. The van der Waals surface area contributed by atoms with Crippen molar-refractivity contribution in [2.75, 3.05) is 25.1 Å². The van der Waals surface area contributed by atoms with E-state index in [1.165, 1.54) is 0 Å². The van der Waals surface area contributed by atoms with Gasteiger partial charge < -0.3 is 9.64 Å². The van der Waals surface area contributed by atoms with E-state index in [9.17, 15) is 0 Å². The molecule has 0 bridgehead atoms. The molecular weight excluding hydrogens is 236 g/mol. The number of nitriles is 1. The Hall–Kier alpha value is -1.24. The van der Waals surface area contributed by atoms with Crippen LogP contribution in [0.1, 0.15) is 19.4 Å². The molecule has 0 aromatic heterocycles. The Morgan fingerprint density at radius 2 is 2.18 bits per heavy atom. The van der Waals surface area contributed by atoms with Crippen LogP contribution in [0.25, 0.3) is 0 Å². The largest absolute Gasteiger partial charge is 0.377 e. The van der Waals surface area contributed by atoms with Crippen LogP contribution < -0.4 is 4.90 Å². The molecule has 0 aliphatic heterocycles. The predicted molar refractivity (Wildman–Crippen MR) is 70.5 cm³/mol. The highest BCUT2D eigenvalue weighted by Crippen LogP contribution is 2.22. The van der Waals surface area contributed by atoms with Crippen LogP contribution in [0.2, 0.25) is 5.02 Å². The van der Waals surface area contributed by atoms with Crippen molar-refractivity contribution < 1.29 is 4.74 Å². The van der Waals surface area contributed by atoms with Gasteiger partial charge in [0.25, 0.3) is 0 Å². The predicted octanol–water partition coefficient (Wildman–Crippen LogP) is 3.07. The molecule has 1 rings (SSSR count). The Labute approximate surface area is 108 Å². The monoisotopic (exact) mass is 252 g/mol. The summed E-state index contributed by atoms with van der Waals surface area (Å²) in [5.41, 5.74) is 1.47. The highest BCUT2D eigenvalue weighted by atomic mass is 35.5. The van der Waals surface area contributed by atoms with Gasteiger partial charge in [0.05, 0.1) is 24.0 Å². The molecule has 0 saturated carbocycles. The van der Waals surface area contributed by atoms with E-state index in [2.05, 4.69) is 6.07 Å². The van der Waals surface area contributed by atoms with Crippen molar-refractivity contribution in [2.45, 2.75) is 20.0 Å². The van der Waals surface area contributed by atoms with E-state index in [0.29, 0.717) is 17.2 Å². The van der Waals surface area contributed by atoms with Crippen molar-refractivity contribution in [3.8, 4) is 6.07 Å². The number of halogens is 1. The van der Waals surface area contributed by atoms with Crippen LogP contribution in [0.15, 0.2) is 18.2 Å². The smallest absolute Gasteiger partial charge is 0.101 e. The first-order valence-electron chi connectivity index (χ1n) is 5.57. The zero-order valence-electron chi connectivity index (χ0n) is 10.4. The molecule has 92 valence electrons. The van der Waals surface area contributed by atoms with Gasteiger partial charge >= 0.3 is 0 Å². The van der Waals surface area contributed by atoms with Crippen LogP contribution in [0.5, 0.6) is 0 Å². The maximum Gasteiger partial charge on any atom is 0.101 e. The SMILES string of the molecule is CC(C)OCCN(C)c1ccc(Cl)cc1C#N. The van der Waals surface area contributed by atoms with Crippen LogP contribution in [-0.2, 0) is 4.74 Å². The second-order valence-corrected chi connectivity index (χ2v) is 4.55. The summed E-state index contributed by atoms with van der Waals surface area (Å²) < 4.78 is 5.48. The van der Waals surface area contributed by atoms with Crippen LogP contribution in [0.3, 0.4) is 0 Å². The quantitative estimate of drug-likeness (QED) is 0.808. The van der Waals surface area contributed by atoms with Gasteiger partial charge in [-0.25, -0.2) is 0 Å². The van der Waals surface area contributed by atoms with E-state index >= 15 is 0 Å². The third-order valence-corrected chi connectivity index (χ3v) is 2.60. The van der Waals surface area contributed by atoms with Gasteiger partial charge in [-0.2, -0.15) is 5.26 Å². The number of rotatable bonds is 5. The molecule has 0 heterocycles. The summed E-state index contributed by atoms with van der Waals surface area (Å²) in [5, 5.41) is 9.62. The maximum atomic E-state index is 9.04. The summed E-state index contributed by atoms with van der Waals surface area (Å²) in [6.45, 7) is 5.39. The van der Waals surface area contributed by atoms with Gasteiger partial charge in [-0.15, -0.1) is 0 Å². The van der Waals surface area contributed by atoms with Crippen molar-refractivity contribution in [3.63, 3.8) is 0 Å². The van der Waals surface area contributed by atoms with Gasteiger partial charge in [0.1, 0.15) is 6.07 Å². The molecule has 0 aliphatic rings. The molecule has 0 unspecified atom stereocenters. The van der Waals surface area contributed by atoms with Crippen molar-refractivity contribution >= 4 is 17.3 Å². The Bertz CT molecular complexity index is 412. The minimum atomic E-state index is 0.226. The lowest BCUT2D eigenvalue weighted by Gasteiger charge is -2.21. The van der Waals surface area contributed by atoms with Crippen molar-refractivity contribution in [1.82, 2.24) is 0 Å². The van der Waals surface area contributed by atoms with E-state index in [4.69, 9.17) is 21.6 Å². The van der Waals surface area contributed by atoms with Gasteiger partial charge in [-0.1, -0.05) is 11.6 Å². The molecule has 0 N–H and O–H groups in total. The number of hydrogen-bond acceptors (Lipinski definition) is 3. The topological polar surface area (TPSA) is 36.3 Å². The summed E-state index contributed by atoms with van der Waals surface area (Å²) in [4.78, 5) is 2.00. The summed E-state index contributed by atoms with van der Waals surface area (Å²) in [7, 11) is 1.94. The van der Waals surface area contributed by atoms with E-state index < -0.39 is 0 Å². The molecular formula is C13H17ClN2O. The molecule has 0 fully saturated rings. The normalized spacial score (nSPS) is 10.4. The lowest BCUT2D eigenvalue weighted by molar-refractivity contribution is 0.0846. The fraction of sp³-hybridized carbons (Fsp3) is 0.462. The molecule has 0 amide bonds. The molecule has 0 aliphatic carbocycles. The number of hydrogen-bond donors (Lipinski definition) is 0. The summed E-state index contributed by atoms with van der Waals surface area (Å²) in [5.74, 6) is 0. The van der Waals surface area contributed by atoms with Crippen molar-refractivity contribution in [2.24, 2.45) is 0 Å². The van der Waals surface area contributed by atoms with Gasteiger partial charge in [0.15, 0.2) is 0 Å². The van der Waals surface area contributed by atoms with E-state index in [1.807, 2.05) is 31.9 Å². The summed E-state index contributed by atoms with van der Waals surface area (Å²) in [6, 6.07) is 7.47. The van der Waals surface area contributed by atoms with Crippen LogP contribution >= 0.6 is 11.6 Å².